The molecule has 3 heterocycles. The van der Waals surface area contributed by atoms with Crippen molar-refractivity contribution in [3.63, 3.8) is 0 Å². The van der Waals surface area contributed by atoms with Gasteiger partial charge in [0.1, 0.15) is 17.4 Å². The number of ether oxygens (including phenoxy) is 1. The van der Waals surface area contributed by atoms with Crippen LogP contribution in [0.25, 0.3) is 21.9 Å². The number of pyridine rings is 1. The molecule has 1 aromatic carbocycles. The van der Waals surface area contributed by atoms with Crippen LogP contribution in [0.15, 0.2) is 12.3 Å². The molecule has 1 saturated heterocycles. The molecule has 1 aliphatic heterocycles. The number of alkyl halides is 1. The normalized spacial score (nSPS) is 18.8. The van der Waals surface area contributed by atoms with Crippen molar-refractivity contribution >= 4 is 51.0 Å². The fourth-order valence-electron chi connectivity index (χ4n) is 4.60. The van der Waals surface area contributed by atoms with Crippen LogP contribution in [0.4, 0.5) is 29.3 Å². The Balaban J connectivity index is 1.96. The lowest BCUT2D eigenvalue weighted by atomic mass is 10.1. The molecule has 4 rings (SSSR count). The van der Waals surface area contributed by atoms with Crippen molar-refractivity contribution in [2.75, 3.05) is 44.0 Å². The SMILES string of the molecule is CN(C)C[C@@H]1C[C@H](F)CN1c1c(Cl)cnc2[nH]c3c(N(C)C(=O)OC(C)(C)C)cc(F)c(F)c3c12. The van der Waals surface area contributed by atoms with Gasteiger partial charge in [-0.1, -0.05) is 11.6 Å². The zero-order valence-electron chi connectivity index (χ0n) is 20.5. The van der Waals surface area contributed by atoms with Crippen LogP contribution in [-0.4, -0.2) is 73.0 Å². The molecule has 1 N–H and O–H groups in total. The quantitative estimate of drug-likeness (QED) is 0.501. The molecule has 1 aliphatic rings. The predicted octanol–water partition coefficient (Wildman–Crippen LogP) is 5.50. The fourth-order valence-corrected chi connectivity index (χ4v) is 4.86. The summed E-state index contributed by atoms with van der Waals surface area (Å²) in [6.07, 6.45) is -0.150. The van der Waals surface area contributed by atoms with E-state index < -0.39 is 29.5 Å². The van der Waals surface area contributed by atoms with Crippen LogP contribution in [0.5, 0.6) is 0 Å². The number of hydrogen-bond donors (Lipinski definition) is 1. The van der Waals surface area contributed by atoms with E-state index in [0.717, 1.165) is 11.0 Å². The Kier molecular flexibility index (Phi) is 6.56. The lowest BCUT2D eigenvalue weighted by Crippen LogP contribution is -2.37. The van der Waals surface area contributed by atoms with Crippen molar-refractivity contribution in [3.8, 4) is 0 Å². The van der Waals surface area contributed by atoms with E-state index in [9.17, 15) is 13.6 Å². The van der Waals surface area contributed by atoms with Crippen molar-refractivity contribution in [1.29, 1.82) is 0 Å². The van der Waals surface area contributed by atoms with Crippen molar-refractivity contribution < 1.29 is 22.7 Å². The number of benzene rings is 1. The Hall–Kier alpha value is -2.72. The number of halogens is 4. The van der Waals surface area contributed by atoms with Gasteiger partial charge in [-0.3, -0.25) is 4.90 Å². The first kappa shape index (κ1) is 25.4. The summed E-state index contributed by atoms with van der Waals surface area (Å²) in [5.41, 5.74) is 0.0662. The summed E-state index contributed by atoms with van der Waals surface area (Å²) in [6, 6.07) is 0.703. The summed E-state index contributed by atoms with van der Waals surface area (Å²) < 4.78 is 50.2. The number of nitrogens with one attached hydrogen (secondary N) is 1. The van der Waals surface area contributed by atoms with Gasteiger partial charge >= 0.3 is 6.09 Å². The van der Waals surface area contributed by atoms with Gasteiger partial charge in [0.25, 0.3) is 0 Å². The Morgan fingerprint density at radius 3 is 2.60 bits per heavy atom. The predicted molar refractivity (Wildman–Crippen MR) is 132 cm³/mol. The molecule has 0 aliphatic carbocycles. The van der Waals surface area contributed by atoms with E-state index in [1.54, 1.807) is 25.7 Å². The van der Waals surface area contributed by atoms with Gasteiger partial charge < -0.3 is 19.5 Å². The summed E-state index contributed by atoms with van der Waals surface area (Å²) >= 11 is 6.55. The van der Waals surface area contributed by atoms with Crippen LogP contribution in [0.2, 0.25) is 5.02 Å². The molecule has 0 saturated carbocycles. The molecule has 0 bridgehead atoms. The molecule has 7 nitrogen and oxygen atoms in total. The highest BCUT2D eigenvalue weighted by Gasteiger charge is 2.36. The third-order valence-corrected chi connectivity index (χ3v) is 6.23. The minimum Gasteiger partial charge on any atom is -0.443 e. The van der Waals surface area contributed by atoms with E-state index in [-0.39, 0.29) is 51.7 Å². The number of hydrogen-bond acceptors (Lipinski definition) is 5. The molecule has 11 heteroatoms. The lowest BCUT2D eigenvalue weighted by molar-refractivity contribution is 0.0589. The smallest absolute Gasteiger partial charge is 0.414 e. The van der Waals surface area contributed by atoms with Crippen molar-refractivity contribution in [3.05, 3.63) is 28.9 Å². The number of carbonyl (C=O) groups is 1. The standard InChI is InChI=1S/C24H29ClF3N5O2/c1-24(2,3)35-23(34)32(6)16-8-15(27)19(28)17-18-21(14(25)9-29-22(18)30-20(16)17)33-10-12(26)7-13(33)11-31(4)5/h8-9,12-13H,7,10-11H2,1-6H3,(H,29,30)/t12-,13-/m0/s1. The second-order valence-electron chi connectivity index (χ2n) is 10.2. The number of aromatic amines is 1. The van der Waals surface area contributed by atoms with E-state index in [2.05, 4.69) is 9.97 Å². The van der Waals surface area contributed by atoms with Gasteiger partial charge in [-0.25, -0.2) is 22.9 Å². The summed E-state index contributed by atoms with van der Waals surface area (Å²) in [7, 11) is 5.17. The van der Waals surface area contributed by atoms with Gasteiger partial charge in [0, 0.05) is 38.7 Å². The van der Waals surface area contributed by atoms with Gasteiger partial charge in [-0.15, -0.1) is 0 Å². The van der Waals surface area contributed by atoms with Gasteiger partial charge in [-0.2, -0.15) is 0 Å². The van der Waals surface area contributed by atoms with Crippen LogP contribution in [0.3, 0.4) is 0 Å². The van der Waals surface area contributed by atoms with Crippen LogP contribution < -0.4 is 9.80 Å². The Bertz CT molecular complexity index is 1290. The summed E-state index contributed by atoms with van der Waals surface area (Å²) in [6.45, 7) is 5.73. The van der Waals surface area contributed by atoms with Gasteiger partial charge in [0.2, 0.25) is 0 Å². The lowest BCUT2D eigenvalue weighted by Gasteiger charge is -2.30. The van der Waals surface area contributed by atoms with E-state index in [0.29, 0.717) is 12.2 Å². The summed E-state index contributed by atoms with van der Waals surface area (Å²) in [5, 5.41) is 0.324. The van der Waals surface area contributed by atoms with Crippen LogP contribution in [0.1, 0.15) is 27.2 Å². The maximum absolute atomic E-state index is 15.4. The highest BCUT2D eigenvalue weighted by molar-refractivity contribution is 6.36. The van der Waals surface area contributed by atoms with E-state index in [1.165, 1.54) is 13.2 Å². The molecule has 1 amide bonds. The molecule has 3 aromatic rings. The second kappa shape index (κ2) is 9.05. The van der Waals surface area contributed by atoms with Crippen LogP contribution >= 0.6 is 11.6 Å². The van der Waals surface area contributed by atoms with Gasteiger partial charge in [-0.05, 0) is 34.9 Å². The Morgan fingerprint density at radius 1 is 1.29 bits per heavy atom. The number of aromatic nitrogens is 2. The maximum atomic E-state index is 15.4. The molecule has 0 radical (unpaired) electrons. The highest BCUT2D eigenvalue weighted by Crippen LogP contribution is 2.44. The number of H-pyrrole nitrogens is 1. The fraction of sp³-hybridized carbons (Fsp3) is 0.500. The molecular formula is C24H29ClF3N5O2. The van der Waals surface area contributed by atoms with E-state index >= 15 is 4.39 Å². The molecule has 2 atom stereocenters. The topological polar surface area (TPSA) is 64.7 Å². The first-order valence-electron chi connectivity index (χ1n) is 11.3. The van der Waals surface area contributed by atoms with Crippen LogP contribution in [0, 0.1) is 11.6 Å². The minimum atomic E-state index is -1.15. The molecule has 2 aromatic heterocycles. The second-order valence-corrected chi connectivity index (χ2v) is 10.6. The third kappa shape index (κ3) is 4.73. The third-order valence-electron chi connectivity index (χ3n) is 5.95. The van der Waals surface area contributed by atoms with Crippen LogP contribution in [-0.2, 0) is 4.74 Å². The van der Waals surface area contributed by atoms with Crippen molar-refractivity contribution in [2.24, 2.45) is 0 Å². The number of anilines is 2. The average Bonchev–Trinajstić information content (AvgIpc) is 3.29. The largest absolute Gasteiger partial charge is 0.443 e. The summed E-state index contributed by atoms with van der Waals surface area (Å²) in [5.74, 6) is -2.26. The minimum absolute atomic E-state index is 0.0611. The van der Waals surface area contributed by atoms with Crippen molar-refractivity contribution in [2.45, 2.75) is 45.0 Å². The molecule has 190 valence electrons. The van der Waals surface area contributed by atoms with E-state index in [4.69, 9.17) is 16.3 Å². The molecule has 35 heavy (non-hydrogen) atoms. The van der Waals surface area contributed by atoms with Gasteiger partial charge in [0.05, 0.1) is 38.9 Å². The molecular weight excluding hydrogens is 483 g/mol. The maximum Gasteiger partial charge on any atom is 0.414 e. The highest BCUT2D eigenvalue weighted by atomic mass is 35.5. The number of nitrogens with zero attached hydrogens (tertiary/aromatic N) is 4. The van der Waals surface area contributed by atoms with Crippen molar-refractivity contribution in [1.82, 2.24) is 14.9 Å². The molecule has 0 unspecified atom stereocenters. The van der Waals surface area contributed by atoms with E-state index in [1.807, 2.05) is 19.0 Å². The van der Waals surface area contributed by atoms with Gasteiger partial charge in [0.15, 0.2) is 11.6 Å². The first-order valence-corrected chi connectivity index (χ1v) is 11.7. The zero-order valence-corrected chi connectivity index (χ0v) is 21.3. The zero-order chi connectivity index (χ0) is 25.8. The number of fused-ring (bicyclic) bond motifs is 3. The molecule has 1 fully saturated rings. The first-order chi connectivity index (χ1) is 16.3. The average molecular weight is 512 g/mol. The number of carbonyl (C=O) groups excluding carboxylic acids is 1. The number of rotatable bonds is 4. The number of likely N-dealkylation sites (N-methyl/N-ethyl adjacent to an activating group) is 1. The summed E-state index contributed by atoms with van der Waals surface area (Å²) in [4.78, 5) is 24.9. The monoisotopic (exact) mass is 511 g/mol. The Morgan fingerprint density at radius 2 is 1.97 bits per heavy atom. The Labute approximate surface area is 206 Å². The number of amides is 1. The molecule has 0 spiro atoms.